The van der Waals surface area contributed by atoms with Crippen molar-refractivity contribution in [2.24, 2.45) is 0 Å². The molecule has 4 heteroatoms. The van der Waals surface area contributed by atoms with Crippen molar-refractivity contribution >= 4 is 11.6 Å². The van der Waals surface area contributed by atoms with Crippen molar-refractivity contribution in [2.75, 3.05) is 11.9 Å². The van der Waals surface area contributed by atoms with Gasteiger partial charge in [-0.3, -0.25) is 9.78 Å². The standard InChI is InChI=1S/C17H18N2O2/c1-17(2,21)12-8-11(9-18-10-12)15-13-6-4-5-7-14(13)19(3)16(15)20/h4-10,15,21H,1-3H3. The van der Waals surface area contributed by atoms with Crippen LogP contribution in [0.3, 0.4) is 0 Å². The van der Waals surface area contributed by atoms with Gasteiger partial charge in [0.15, 0.2) is 0 Å². The quantitative estimate of drug-likeness (QED) is 0.920. The zero-order chi connectivity index (χ0) is 15.2. The minimum absolute atomic E-state index is 0.0332. The molecule has 3 rings (SSSR count). The number of hydrogen-bond acceptors (Lipinski definition) is 3. The van der Waals surface area contributed by atoms with Gasteiger partial charge in [0.1, 0.15) is 0 Å². The number of aromatic nitrogens is 1. The molecule has 1 amide bonds. The molecule has 0 bridgehead atoms. The maximum atomic E-state index is 12.6. The summed E-state index contributed by atoms with van der Waals surface area (Å²) >= 11 is 0. The van der Waals surface area contributed by atoms with Gasteiger partial charge in [-0.15, -0.1) is 0 Å². The van der Waals surface area contributed by atoms with Gasteiger partial charge >= 0.3 is 0 Å². The molecule has 2 aromatic rings. The maximum absolute atomic E-state index is 12.6. The van der Waals surface area contributed by atoms with Crippen LogP contribution in [0.5, 0.6) is 0 Å². The molecule has 0 fully saturated rings. The lowest BCUT2D eigenvalue weighted by atomic mass is 9.90. The molecule has 2 heterocycles. The third-order valence-electron chi connectivity index (χ3n) is 3.99. The smallest absolute Gasteiger partial charge is 0.238 e. The van der Waals surface area contributed by atoms with Crippen LogP contribution in [-0.4, -0.2) is 23.0 Å². The van der Waals surface area contributed by atoms with Gasteiger partial charge in [0, 0.05) is 30.7 Å². The summed E-state index contributed by atoms with van der Waals surface area (Å²) in [4.78, 5) is 18.4. The maximum Gasteiger partial charge on any atom is 0.238 e. The molecule has 1 N–H and O–H groups in total. The second-order valence-corrected chi connectivity index (χ2v) is 5.96. The molecule has 0 aliphatic carbocycles. The van der Waals surface area contributed by atoms with Crippen molar-refractivity contribution < 1.29 is 9.90 Å². The van der Waals surface area contributed by atoms with Crippen molar-refractivity contribution in [3.05, 3.63) is 59.4 Å². The van der Waals surface area contributed by atoms with E-state index < -0.39 is 5.60 Å². The van der Waals surface area contributed by atoms with Crippen molar-refractivity contribution in [3.8, 4) is 0 Å². The van der Waals surface area contributed by atoms with E-state index in [0.29, 0.717) is 5.56 Å². The fourth-order valence-corrected chi connectivity index (χ4v) is 2.75. The number of carbonyl (C=O) groups excluding carboxylic acids is 1. The first-order valence-corrected chi connectivity index (χ1v) is 6.94. The van der Waals surface area contributed by atoms with Crippen molar-refractivity contribution in [3.63, 3.8) is 0 Å². The van der Waals surface area contributed by atoms with Gasteiger partial charge in [-0.1, -0.05) is 18.2 Å². The largest absolute Gasteiger partial charge is 0.386 e. The molecule has 1 aromatic heterocycles. The monoisotopic (exact) mass is 282 g/mol. The average molecular weight is 282 g/mol. The number of nitrogens with zero attached hydrogens (tertiary/aromatic N) is 2. The predicted molar refractivity (Wildman–Crippen MR) is 81.2 cm³/mol. The molecular weight excluding hydrogens is 264 g/mol. The predicted octanol–water partition coefficient (Wildman–Crippen LogP) is 2.42. The summed E-state index contributed by atoms with van der Waals surface area (Å²) in [7, 11) is 1.79. The van der Waals surface area contributed by atoms with Crippen LogP contribution in [0.2, 0.25) is 0 Å². The van der Waals surface area contributed by atoms with Crippen LogP contribution >= 0.6 is 0 Å². The Morgan fingerprint density at radius 1 is 1.24 bits per heavy atom. The van der Waals surface area contributed by atoms with E-state index in [1.807, 2.05) is 30.3 Å². The van der Waals surface area contributed by atoms with Crippen LogP contribution < -0.4 is 4.90 Å². The molecule has 1 aromatic carbocycles. The van der Waals surface area contributed by atoms with Crippen LogP contribution in [0.25, 0.3) is 0 Å². The molecule has 21 heavy (non-hydrogen) atoms. The summed E-state index contributed by atoms with van der Waals surface area (Å²) in [6.07, 6.45) is 3.34. The summed E-state index contributed by atoms with van der Waals surface area (Å²) in [5.74, 6) is -0.313. The van der Waals surface area contributed by atoms with E-state index in [-0.39, 0.29) is 11.8 Å². The first-order valence-electron chi connectivity index (χ1n) is 6.94. The fraction of sp³-hybridized carbons (Fsp3) is 0.294. The second kappa shape index (κ2) is 4.67. The summed E-state index contributed by atoms with van der Waals surface area (Å²) < 4.78 is 0. The van der Waals surface area contributed by atoms with E-state index in [0.717, 1.165) is 16.8 Å². The lowest BCUT2D eigenvalue weighted by Crippen LogP contribution is -2.25. The van der Waals surface area contributed by atoms with Gasteiger partial charge in [-0.25, -0.2) is 0 Å². The highest BCUT2D eigenvalue weighted by molar-refractivity contribution is 6.06. The molecule has 0 saturated heterocycles. The Balaban J connectivity index is 2.11. The summed E-state index contributed by atoms with van der Waals surface area (Å²) in [5.41, 5.74) is 2.47. The summed E-state index contributed by atoms with van der Waals surface area (Å²) in [6, 6.07) is 9.65. The number of fused-ring (bicyclic) bond motifs is 1. The van der Waals surface area contributed by atoms with E-state index in [1.54, 1.807) is 38.2 Å². The number of para-hydroxylation sites is 1. The fourth-order valence-electron chi connectivity index (χ4n) is 2.75. The highest BCUT2D eigenvalue weighted by Gasteiger charge is 2.36. The number of rotatable bonds is 2. The average Bonchev–Trinajstić information content (AvgIpc) is 2.71. The topological polar surface area (TPSA) is 53.4 Å². The van der Waals surface area contributed by atoms with Crippen LogP contribution in [0.15, 0.2) is 42.7 Å². The number of amides is 1. The Hall–Kier alpha value is -2.20. The number of carbonyl (C=O) groups is 1. The van der Waals surface area contributed by atoms with E-state index in [9.17, 15) is 9.90 Å². The van der Waals surface area contributed by atoms with E-state index >= 15 is 0 Å². The molecule has 1 aliphatic rings. The van der Waals surface area contributed by atoms with Crippen molar-refractivity contribution in [1.29, 1.82) is 0 Å². The normalized spacial score (nSPS) is 18.0. The van der Waals surface area contributed by atoms with Gasteiger partial charge in [0.25, 0.3) is 0 Å². The SMILES string of the molecule is CN1C(=O)C(c2cncc(C(C)(C)O)c2)c2ccccc21. The number of hydrogen-bond donors (Lipinski definition) is 1. The Bertz CT molecular complexity index is 704. The Morgan fingerprint density at radius 2 is 1.95 bits per heavy atom. The second-order valence-electron chi connectivity index (χ2n) is 5.96. The summed E-state index contributed by atoms with van der Waals surface area (Å²) in [6.45, 7) is 3.43. The molecule has 1 atom stereocenters. The highest BCUT2D eigenvalue weighted by atomic mass is 16.3. The number of anilines is 1. The minimum Gasteiger partial charge on any atom is -0.386 e. The number of likely N-dealkylation sites (N-methyl/N-ethyl adjacent to an activating group) is 1. The first-order chi connectivity index (χ1) is 9.89. The van der Waals surface area contributed by atoms with Crippen LogP contribution in [0.4, 0.5) is 5.69 Å². The number of benzene rings is 1. The van der Waals surface area contributed by atoms with Gasteiger partial charge in [-0.05, 0) is 37.1 Å². The summed E-state index contributed by atoms with van der Waals surface area (Å²) in [5, 5.41) is 10.1. The minimum atomic E-state index is -0.976. The van der Waals surface area contributed by atoms with Gasteiger partial charge in [0.2, 0.25) is 5.91 Å². The third-order valence-corrected chi connectivity index (χ3v) is 3.99. The Labute approximate surface area is 124 Å². The molecule has 108 valence electrons. The van der Waals surface area contributed by atoms with Gasteiger partial charge in [-0.2, -0.15) is 0 Å². The van der Waals surface area contributed by atoms with Gasteiger partial charge in [0.05, 0.1) is 11.5 Å². The van der Waals surface area contributed by atoms with Crippen LogP contribution in [0, 0.1) is 0 Å². The molecule has 4 nitrogen and oxygen atoms in total. The first kappa shape index (κ1) is 13.8. The number of pyridine rings is 1. The van der Waals surface area contributed by atoms with Crippen molar-refractivity contribution in [1.82, 2.24) is 4.98 Å². The zero-order valence-corrected chi connectivity index (χ0v) is 12.4. The lowest BCUT2D eigenvalue weighted by Gasteiger charge is -2.19. The molecule has 1 unspecified atom stereocenters. The van der Waals surface area contributed by atoms with Gasteiger partial charge < -0.3 is 10.0 Å². The molecular formula is C17H18N2O2. The molecule has 0 radical (unpaired) electrons. The van der Waals surface area contributed by atoms with E-state index in [2.05, 4.69) is 4.98 Å². The van der Waals surface area contributed by atoms with E-state index in [4.69, 9.17) is 0 Å². The van der Waals surface area contributed by atoms with Crippen molar-refractivity contribution in [2.45, 2.75) is 25.4 Å². The van der Waals surface area contributed by atoms with E-state index in [1.165, 1.54) is 0 Å². The molecule has 0 saturated carbocycles. The van der Waals surface area contributed by atoms with Crippen LogP contribution in [-0.2, 0) is 10.4 Å². The highest BCUT2D eigenvalue weighted by Crippen LogP contribution is 2.40. The lowest BCUT2D eigenvalue weighted by molar-refractivity contribution is -0.118. The van der Waals surface area contributed by atoms with Crippen LogP contribution in [0.1, 0.15) is 36.5 Å². The molecule has 0 spiro atoms. The molecule has 1 aliphatic heterocycles. The zero-order valence-electron chi connectivity index (χ0n) is 12.4. The Morgan fingerprint density at radius 3 is 2.67 bits per heavy atom. The third kappa shape index (κ3) is 2.21. The Kier molecular flexibility index (Phi) is 3.06. The number of aliphatic hydroxyl groups is 1.